The van der Waals surface area contributed by atoms with Gasteiger partial charge in [0.2, 0.25) is 0 Å². The van der Waals surface area contributed by atoms with Crippen LogP contribution in [-0.4, -0.2) is 0 Å². The van der Waals surface area contributed by atoms with Gasteiger partial charge in [0.25, 0.3) is 0 Å². The number of rotatable bonds is 1. The third-order valence-corrected chi connectivity index (χ3v) is 2.51. The van der Waals surface area contributed by atoms with Crippen molar-refractivity contribution in [1.29, 1.82) is 0 Å². The van der Waals surface area contributed by atoms with Gasteiger partial charge in [-0.15, -0.1) is 0 Å². The Morgan fingerprint density at radius 2 is 1.54 bits per heavy atom. The first-order valence-electron chi connectivity index (χ1n) is 4.85. The number of fused-ring (bicyclic) bond motifs is 1. The van der Waals surface area contributed by atoms with Gasteiger partial charge in [0.1, 0.15) is 0 Å². The lowest BCUT2D eigenvalue weighted by Gasteiger charge is -1.98. The van der Waals surface area contributed by atoms with E-state index in [1.165, 1.54) is 17.5 Å². The summed E-state index contributed by atoms with van der Waals surface area (Å²) in [5.41, 5.74) is 2.66. The Morgan fingerprint density at radius 1 is 1.00 bits per heavy atom. The maximum absolute atomic E-state index is 2.28. The van der Waals surface area contributed by atoms with Crippen molar-refractivity contribution in [2.75, 3.05) is 0 Å². The Kier molecular flexibility index (Phi) is 2.31. The molecule has 66 valence electrons. The predicted octanol–water partition coefficient (Wildman–Crippen LogP) is 3.75. The van der Waals surface area contributed by atoms with Crippen molar-refractivity contribution in [2.45, 2.75) is 13.3 Å². The molecule has 0 heteroatoms. The summed E-state index contributed by atoms with van der Waals surface area (Å²) in [4.78, 5) is 0. The lowest BCUT2D eigenvalue weighted by molar-refractivity contribution is 0.782. The van der Waals surface area contributed by atoms with Crippen LogP contribution in [0.5, 0.6) is 0 Å². The summed E-state index contributed by atoms with van der Waals surface area (Å²) in [6.07, 6.45) is 10.2. The van der Waals surface area contributed by atoms with Crippen LogP contribution in [0.1, 0.15) is 24.5 Å². The topological polar surface area (TPSA) is 0 Å². The first-order chi connectivity index (χ1) is 6.40. The van der Waals surface area contributed by atoms with E-state index in [2.05, 4.69) is 55.5 Å². The number of hydrogen-bond acceptors (Lipinski definition) is 0. The summed E-state index contributed by atoms with van der Waals surface area (Å²) in [6.45, 7) is 2.22. The molecule has 1 aromatic carbocycles. The van der Waals surface area contributed by atoms with Gasteiger partial charge in [0.05, 0.1) is 0 Å². The van der Waals surface area contributed by atoms with Crippen LogP contribution in [0.25, 0.3) is 12.2 Å². The Morgan fingerprint density at radius 3 is 2.00 bits per heavy atom. The van der Waals surface area contributed by atoms with Gasteiger partial charge in [-0.3, -0.25) is 0 Å². The van der Waals surface area contributed by atoms with Crippen LogP contribution in [0.2, 0.25) is 0 Å². The van der Waals surface area contributed by atoms with E-state index in [1.807, 2.05) is 0 Å². The largest absolute Gasteiger partial charge is 0.0770 e. The van der Waals surface area contributed by atoms with Gasteiger partial charge in [0.15, 0.2) is 0 Å². The van der Waals surface area contributed by atoms with Crippen molar-refractivity contribution in [2.24, 2.45) is 5.92 Å². The second-order valence-electron chi connectivity index (χ2n) is 3.42. The lowest BCUT2D eigenvalue weighted by Crippen LogP contribution is -1.84. The van der Waals surface area contributed by atoms with Crippen LogP contribution >= 0.6 is 0 Å². The predicted molar refractivity (Wildman–Crippen MR) is 58.3 cm³/mol. The first-order valence-corrected chi connectivity index (χ1v) is 4.85. The molecule has 1 aliphatic rings. The zero-order valence-electron chi connectivity index (χ0n) is 7.90. The number of benzene rings is 1. The third-order valence-electron chi connectivity index (χ3n) is 2.51. The molecule has 0 nitrogen and oxygen atoms in total. The zero-order chi connectivity index (χ0) is 9.10. The second-order valence-corrected chi connectivity index (χ2v) is 3.42. The number of hydrogen-bond donors (Lipinski definition) is 0. The zero-order valence-corrected chi connectivity index (χ0v) is 7.90. The standard InChI is InChI=1S/C13H14/c1-2-11-7-9-12-5-3-4-6-13(12)10-8-11/h3-11H,2H2,1H3. The highest BCUT2D eigenvalue weighted by atomic mass is 14.1. The molecular formula is C13H14. The van der Waals surface area contributed by atoms with Crippen LogP contribution < -0.4 is 0 Å². The quantitative estimate of drug-likeness (QED) is 0.602. The minimum atomic E-state index is 0.604. The fourth-order valence-electron chi connectivity index (χ4n) is 1.61. The van der Waals surface area contributed by atoms with Crippen LogP contribution in [0, 0.1) is 5.92 Å². The SMILES string of the molecule is CCC1C=Cc2ccccc2C=C1. The molecule has 1 aromatic rings. The van der Waals surface area contributed by atoms with Crippen molar-refractivity contribution in [3.05, 3.63) is 47.5 Å². The second kappa shape index (κ2) is 3.61. The molecule has 0 saturated heterocycles. The molecule has 0 amide bonds. The van der Waals surface area contributed by atoms with Crippen molar-refractivity contribution in [3.63, 3.8) is 0 Å². The highest BCUT2D eigenvalue weighted by Gasteiger charge is 2.02. The van der Waals surface area contributed by atoms with E-state index in [0.29, 0.717) is 5.92 Å². The summed E-state index contributed by atoms with van der Waals surface area (Å²) >= 11 is 0. The molecule has 0 aromatic heterocycles. The van der Waals surface area contributed by atoms with E-state index in [0.717, 1.165) is 0 Å². The Balaban J connectivity index is 2.41. The Hall–Kier alpha value is -1.30. The van der Waals surface area contributed by atoms with Crippen molar-refractivity contribution >= 4 is 12.2 Å². The van der Waals surface area contributed by atoms with Crippen LogP contribution in [-0.2, 0) is 0 Å². The molecule has 0 N–H and O–H groups in total. The molecule has 0 saturated carbocycles. The normalized spacial score (nSPS) is 15.5. The molecular weight excluding hydrogens is 156 g/mol. The molecule has 0 spiro atoms. The van der Waals surface area contributed by atoms with E-state index in [9.17, 15) is 0 Å². The van der Waals surface area contributed by atoms with Gasteiger partial charge in [0, 0.05) is 0 Å². The fourth-order valence-corrected chi connectivity index (χ4v) is 1.61. The summed E-state index contributed by atoms with van der Waals surface area (Å²) in [5, 5.41) is 0. The molecule has 0 atom stereocenters. The highest BCUT2D eigenvalue weighted by Crippen LogP contribution is 2.20. The van der Waals surface area contributed by atoms with E-state index in [1.54, 1.807) is 0 Å². The van der Waals surface area contributed by atoms with Gasteiger partial charge in [-0.1, -0.05) is 55.5 Å². The van der Waals surface area contributed by atoms with E-state index in [-0.39, 0.29) is 0 Å². The molecule has 0 unspecified atom stereocenters. The molecule has 2 rings (SSSR count). The summed E-state index contributed by atoms with van der Waals surface area (Å²) in [5.74, 6) is 0.604. The van der Waals surface area contributed by atoms with Crippen LogP contribution in [0.3, 0.4) is 0 Å². The summed E-state index contributed by atoms with van der Waals surface area (Å²) < 4.78 is 0. The molecule has 0 radical (unpaired) electrons. The van der Waals surface area contributed by atoms with Gasteiger partial charge in [-0.25, -0.2) is 0 Å². The molecule has 13 heavy (non-hydrogen) atoms. The van der Waals surface area contributed by atoms with Crippen molar-refractivity contribution in [1.82, 2.24) is 0 Å². The average molecular weight is 170 g/mol. The fraction of sp³-hybridized carbons (Fsp3) is 0.231. The minimum absolute atomic E-state index is 0.604. The maximum Gasteiger partial charge on any atom is -0.00494 e. The lowest BCUT2D eigenvalue weighted by atomic mass is 10.1. The van der Waals surface area contributed by atoms with Crippen LogP contribution in [0.4, 0.5) is 0 Å². The molecule has 0 heterocycles. The maximum atomic E-state index is 2.28. The average Bonchev–Trinajstić information content (AvgIpc) is 2.39. The Bertz CT molecular complexity index is 312. The third kappa shape index (κ3) is 1.72. The van der Waals surface area contributed by atoms with Crippen molar-refractivity contribution < 1.29 is 0 Å². The first kappa shape index (κ1) is 8.31. The Labute approximate surface area is 79.6 Å². The van der Waals surface area contributed by atoms with Gasteiger partial charge < -0.3 is 0 Å². The molecule has 0 fully saturated rings. The molecule has 0 bridgehead atoms. The van der Waals surface area contributed by atoms with Gasteiger partial charge >= 0.3 is 0 Å². The molecule has 0 aliphatic heterocycles. The smallest absolute Gasteiger partial charge is 0.00494 e. The van der Waals surface area contributed by atoms with Crippen LogP contribution in [0.15, 0.2) is 36.4 Å². The number of allylic oxidation sites excluding steroid dienone is 2. The molecule has 1 aliphatic carbocycles. The summed E-state index contributed by atoms with van der Waals surface area (Å²) in [6, 6.07) is 8.50. The van der Waals surface area contributed by atoms with Crippen molar-refractivity contribution in [3.8, 4) is 0 Å². The van der Waals surface area contributed by atoms with E-state index >= 15 is 0 Å². The minimum Gasteiger partial charge on any atom is -0.0770 e. The van der Waals surface area contributed by atoms with Gasteiger partial charge in [-0.05, 0) is 23.5 Å². The van der Waals surface area contributed by atoms with E-state index in [4.69, 9.17) is 0 Å². The van der Waals surface area contributed by atoms with Gasteiger partial charge in [-0.2, -0.15) is 0 Å². The monoisotopic (exact) mass is 170 g/mol. The summed E-state index contributed by atoms with van der Waals surface area (Å²) in [7, 11) is 0. The highest BCUT2D eigenvalue weighted by molar-refractivity contribution is 5.67. The van der Waals surface area contributed by atoms with E-state index < -0.39 is 0 Å².